The zero-order valence-electron chi connectivity index (χ0n) is 12.9. The second-order valence-electron chi connectivity index (χ2n) is 6.25. The summed E-state index contributed by atoms with van der Waals surface area (Å²) in [6.07, 6.45) is 3.12. The first-order valence-electron chi connectivity index (χ1n) is 7.76. The van der Waals surface area contributed by atoms with Crippen LogP contribution in [0, 0.1) is 0 Å². The smallest absolute Gasteiger partial charge is 0.258 e. The minimum absolute atomic E-state index is 0.0494. The molecular formula is C17H22N2O2. The maximum absolute atomic E-state index is 13.0. The highest BCUT2D eigenvalue weighted by atomic mass is 16.2. The van der Waals surface area contributed by atoms with Gasteiger partial charge in [0.15, 0.2) is 0 Å². The molecule has 1 aromatic carbocycles. The Kier molecular flexibility index (Phi) is 3.27. The Bertz CT molecular complexity index is 598. The molecule has 1 saturated heterocycles. The van der Waals surface area contributed by atoms with Crippen LogP contribution in [0.3, 0.4) is 0 Å². The fraction of sp³-hybridized carbons (Fsp3) is 0.529. The van der Waals surface area contributed by atoms with Gasteiger partial charge in [-0.05, 0) is 45.2 Å². The van der Waals surface area contributed by atoms with Crippen molar-refractivity contribution in [3.8, 4) is 0 Å². The van der Waals surface area contributed by atoms with Crippen molar-refractivity contribution in [1.82, 2.24) is 4.90 Å². The van der Waals surface area contributed by atoms with Crippen LogP contribution < -0.4 is 4.90 Å². The van der Waals surface area contributed by atoms with Crippen molar-refractivity contribution in [3.63, 3.8) is 0 Å². The molecule has 0 bridgehead atoms. The van der Waals surface area contributed by atoms with Crippen molar-refractivity contribution in [2.75, 3.05) is 4.90 Å². The summed E-state index contributed by atoms with van der Waals surface area (Å²) in [5.74, 6) is 0.172. The van der Waals surface area contributed by atoms with E-state index in [4.69, 9.17) is 0 Å². The molecule has 4 heteroatoms. The average Bonchev–Trinajstić information content (AvgIpc) is 2.46. The lowest BCUT2D eigenvalue weighted by Gasteiger charge is -2.56. The van der Waals surface area contributed by atoms with Gasteiger partial charge in [0.1, 0.15) is 5.66 Å². The van der Waals surface area contributed by atoms with Crippen LogP contribution in [0.1, 0.15) is 56.8 Å². The van der Waals surface area contributed by atoms with Gasteiger partial charge in [0.2, 0.25) is 5.91 Å². The first kappa shape index (κ1) is 14.1. The summed E-state index contributed by atoms with van der Waals surface area (Å²) in [4.78, 5) is 29.3. The third-order valence-electron chi connectivity index (χ3n) is 4.92. The van der Waals surface area contributed by atoms with E-state index in [0.29, 0.717) is 12.0 Å². The van der Waals surface area contributed by atoms with Crippen LogP contribution in [0.25, 0.3) is 0 Å². The fourth-order valence-electron chi connectivity index (χ4n) is 3.74. The van der Waals surface area contributed by atoms with Crippen LogP contribution in [0.5, 0.6) is 0 Å². The van der Waals surface area contributed by atoms with Gasteiger partial charge in [-0.15, -0.1) is 0 Å². The topological polar surface area (TPSA) is 40.6 Å². The molecule has 2 unspecified atom stereocenters. The summed E-state index contributed by atoms with van der Waals surface area (Å²) in [5.41, 5.74) is 0.885. The molecule has 0 N–H and O–H groups in total. The number of hydrogen-bond donors (Lipinski definition) is 0. The van der Waals surface area contributed by atoms with Crippen LogP contribution in [0.4, 0.5) is 5.69 Å². The number of carbonyl (C=O) groups is 2. The molecule has 0 spiro atoms. The van der Waals surface area contributed by atoms with Crippen LogP contribution in [0.15, 0.2) is 24.3 Å². The van der Waals surface area contributed by atoms with E-state index < -0.39 is 5.66 Å². The predicted molar refractivity (Wildman–Crippen MR) is 82.1 cm³/mol. The Morgan fingerprint density at radius 2 is 2.00 bits per heavy atom. The number of amides is 2. The van der Waals surface area contributed by atoms with Gasteiger partial charge in [-0.3, -0.25) is 14.5 Å². The molecule has 0 aliphatic carbocycles. The first-order chi connectivity index (χ1) is 10.0. The molecule has 2 amide bonds. The lowest BCUT2D eigenvalue weighted by molar-refractivity contribution is -0.124. The van der Waals surface area contributed by atoms with Gasteiger partial charge in [0.25, 0.3) is 5.91 Å². The van der Waals surface area contributed by atoms with Gasteiger partial charge in [0.05, 0.1) is 11.3 Å². The third kappa shape index (κ3) is 1.88. The number of hydrogen-bond acceptors (Lipinski definition) is 2. The summed E-state index contributed by atoms with van der Waals surface area (Å²) in [5, 5.41) is 0. The number of para-hydroxylation sites is 1. The average molecular weight is 286 g/mol. The van der Waals surface area contributed by atoms with E-state index >= 15 is 0 Å². The highest BCUT2D eigenvalue weighted by molar-refractivity contribution is 6.09. The number of nitrogens with zero attached hydrogens (tertiary/aromatic N) is 2. The molecule has 4 nitrogen and oxygen atoms in total. The van der Waals surface area contributed by atoms with Gasteiger partial charge in [0, 0.05) is 12.5 Å². The maximum atomic E-state index is 13.0. The molecule has 112 valence electrons. The highest BCUT2D eigenvalue weighted by Crippen LogP contribution is 2.43. The van der Waals surface area contributed by atoms with E-state index in [1.807, 2.05) is 41.0 Å². The number of piperidine rings is 1. The Balaban J connectivity index is 2.22. The lowest BCUT2D eigenvalue weighted by atomic mass is 9.87. The summed E-state index contributed by atoms with van der Waals surface area (Å²) in [6.45, 7) is 6.18. The molecule has 2 atom stereocenters. The summed E-state index contributed by atoms with van der Waals surface area (Å²) < 4.78 is 0. The third-order valence-corrected chi connectivity index (χ3v) is 4.92. The Morgan fingerprint density at radius 1 is 1.29 bits per heavy atom. The fourth-order valence-corrected chi connectivity index (χ4v) is 3.74. The van der Waals surface area contributed by atoms with E-state index in [1.54, 1.807) is 0 Å². The summed E-state index contributed by atoms with van der Waals surface area (Å²) in [7, 11) is 0. The molecule has 21 heavy (non-hydrogen) atoms. The molecule has 2 aliphatic rings. The SMILES string of the molecule is CCC(C)N1C(=O)c2ccccc2N2C(=O)CCCC21C. The van der Waals surface area contributed by atoms with Crippen LogP contribution in [0.2, 0.25) is 0 Å². The molecule has 0 saturated carbocycles. The Hall–Kier alpha value is -1.84. The number of carbonyl (C=O) groups excluding carboxylic acids is 2. The normalized spacial score (nSPS) is 26.4. The van der Waals surface area contributed by atoms with Crippen LogP contribution in [-0.4, -0.2) is 28.4 Å². The molecule has 1 aromatic rings. The number of benzene rings is 1. The van der Waals surface area contributed by atoms with E-state index in [9.17, 15) is 9.59 Å². The van der Waals surface area contributed by atoms with Gasteiger partial charge in [-0.2, -0.15) is 0 Å². The molecule has 3 rings (SSSR count). The van der Waals surface area contributed by atoms with E-state index in [0.717, 1.165) is 24.9 Å². The molecule has 0 aromatic heterocycles. The van der Waals surface area contributed by atoms with Crippen molar-refractivity contribution in [2.24, 2.45) is 0 Å². The molecule has 2 heterocycles. The minimum atomic E-state index is -0.532. The van der Waals surface area contributed by atoms with Gasteiger partial charge < -0.3 is 4.90 Å². The summed E-state index contributed by atoms with van der Waals surface area (Å²) >= 11 is 0. The van der Waals surface area contributed by atoms with Crippen molar-refractivity contribution < 1.29 is 9.59 Å². The largest absolute Gasteiger partial charge is 0.312 e. The Morgan fingerprint density at radius 3 is 2.71 bits per heavy atom. The van der Waals surface area contributed by atoms with Gasteiger partial charge >= 0.3 is 0 Å². The molecular weight excluding hydrogens is 264 g/mol. The lowest BCUT2D eigenvalue weighted by Crippen LogP contribution is -2.69. The van der Waals surface area contributed by atoms with Crippen LogP contribution in [-0.2, 0) is 4.79 Å². The molecule has 0 radical (unpaired) electrons. The summed E-state index contributed by atoms with van der Waals surface area (Å²) in [6, 6.07) is 7.59. The number of fused-ring (bicyclic) bond motifs is 3. The quantitative estimate of drug-likeness (QED) is 0.838. The zero-order chi connectivity index (χ0) is 15.2. The molecule has 2 aliphatic heterocycles. The van der Waals surface area contributed by atoms with Gasteiger partial charge in [-0.1, -0.05) is 19.1 Å². The second-order valence-corrected chi connectivity index (χ2v) is 6.25. The number of anilines is 1. The Labute approximate surface area is 125 Å². The monoisotopic (exact) mass is 286 g/mol. The minimum Gasteiger partial charge on any atom is -0.312 e. The number of rotatable bonds is 2. The predicted octanol–water partition coefficient (Wildman–Crippen LogP) is 3.17. The maximum Gasteiger partial charge on any atom is 0.258 e. The standard InChI is InChI=1S/C17H22N2O2/c1-4-12(2)18-16(21)13-8-5-6-9-14(13)19-15(20)10-7-11-17(18,19)3/h5-6,8-9,12H,4,7,10-11H2,1-3H3. The highest BCUT2D eigenvalue weighted by Gasteiger charge is 2.51. The molecule has 1 fully saturated rings. The van der Waals surface area contributed by atoms with Crippen molar-refractivity contribution in [2.45, 2.75) is 58.2 Å². The van der Waals surface area contributed by atoms with Crippen molar-refractivity contribution in [1.29, 1.82) is 0 Å². The first-order valence-corrected chi connectivity index (χ1v) is 7.76. The van der Waals surface area contributed by atoms with Crippen molar-refractivity contribution >= 4 is 17.5 Å². The van der Waals surface area contributed by atoms with Crippen LogP contribution >= 0.6 is 0 Å². The second kappa shape index (κ2) is 4.86. The van der Waals surface area contributed by atoms with Gasteiger partial charge in [-0.25, -0.2) is 0 Å². The van der Waals surface area contributed by atoms with E-state index in [-0.39, 0.29) is 17.9 Å². The van der Waals surface area contributed by atoms with E-state index in [2.05, 4.69) is 13.8 Å². The van der Waals surface area contributed by atoms with Crippen molar-refractivity contribution in [3.05, 3.63) is 29.8 Å². The zero-order valence-corrected chi connectivity index (χ0v) is 12.9. The van der Waals surface area contributed by atoms with E-state index in [1.165, 1.54) is 0 Å².